The van der Waals surface area contributed by atoms with Gasteiger partial charge in [-0.3, -0.25) is 4.40 Å². The molecule has 3 heteroatoms. The Hall–Kier alpha value is -0.830. The SMILES string of the molecule is Cc1csc2nc3c(n12)CC(C(C)C)CC3. The molecule has 0 amide bonds. The molecule has 0 N–H and O–H groups in total. The van der Waals surface area contributed by atoms with Crippen LogP contribution in [-0.2, 0) is 12.8 Å². The number of thiazole rings is 1. The van der Waals surface area contributed by atoms with E-state index >= 15 is 0 Å². The molecular formula is C13H18N2S. The molecule has 86 valence electrons. The van der Waals surface area contributed by atoms with Crippen molar-refractivity contribution in [1.82, 2.24) is 9.38 Å². The molecule has 0 saturated carbocycles. The van der Waals surface area contributed by atoms with Gasteiger partial charge in [0.25, 0.3) is 0 Å². The van der Waals surface area contributed by atoms with E-state index in [4.69, 9.17) is 4.98 Å². The van der Waals surface area contributed by atoms with Gasteiger partial charge in [-0.1, -0.05) is 13.8 Å². The van der Waals surface area contributed by atoms with Gasteiger partial charge in [0, 0.05) is 16.8 Å². The number of aromatic nitrogens is 2. The highest BCUT2D eigenvalue weighted by molar-refractivity contribution is 7.15. The Labute approximate surface area is 100 Å². The van der Waals surface area contributed by atoms with E-state index in [9.17, 15) is 0 Å². The molecule has 3 rings (SSSR count). The molecule has 16 heavy (non-hydrogen) atoms. The first-order chi connectivity index (χ1) is 7.66. The Bertz CT molecular complexity index is 521. The van der Waals surface area contributed by atoms with Crippen LogP contribution in [-0.4, -0.2) is 9.38 Å². The van der Waals surface area contributed by atoms with Crippen molar-refractivity contribution in [2.75, 3.05) is 0 Å². The van der Waals surface area contributed by atoms with E-state index in [1.165, 1.54) is 41.3 Å². The lowest BCUT2D eigenvalue weighted by Gasteiger charge is -2.25. The van der Waals surface area contributed by atoms with Crippen LogP contribution in [0.4, 0.5) is 0 Å². The van der Waals surface area contributed by atoms with Gasteiger partial charge in [0.2, 0.25) is 0 Å². The van der Waals surface area contributed by atoms with Crippen LogP contribution in [0.2, 0.25) is 0 Å². The van der Waals surface area contributed by atoms with E-state index in [1.807, 2.05) is 0 Å². The Morgan fingerprint density at radius 2 is 2.31 bits per heavy atom. The van der Waals surface area contributed by atoms with Crippen molar-refractivity contribution in [3.8, 4) is 0 Å². The van der Waals surface area contributed by atoms with Gasteiger partial charge in [-0.05, 0) is 38.0 Å². The standard InChI is InChI=1S/C13H18N2S/c1-8(2)10-4-5-11-12(6-10)15-9(3)7-16-13(15)14-11/h7-8,10H,4-6H2,1-3H3. The predicted molar refractivity (Wildman–Crippen MR) is 68.2 cm³/mol. The summed E-state index contributed by atoms with van der Waals surface area (Å²) in [7, 11) is 0. The summed E-state index contributed by atoms with van der Waals surface area (Å²) in [5.41, 5.74) is 4.18. The minimum atomic E-state index is 0.789. The fourth-order valence-corrected chi connectivity index (χ4v) is 3.66. The Kier molecular flexibility index (Phi) is 2.32. The number of rotatable bonds is 1. The van der Waals surface area contributed by atoms with Crippen LogP contribution < -0.4 is 0 Å². The maximum atomic E-state index is 4.75. The molecule has 1 atom stereocenters. The minimum Gasteiger partial charge on any atom is -0.292 e. The van der Waals surface area contributed by atoms with Crippen molar-refractivity contribution in [3.63, 3.8) is 0 Å². The summed E-state index contributed by atoms with van der Waals surface area (Å²) in [6.07, 6.45) is 3.70. The Balaban J connectivity index is 2.10. The van der Waals surface area contributed by atoms with Crippen LogP contribution >= 0.6 is 11.3 Å². The zero-order valence-electron chi connectivity index (χ0n) is 10.2. The lowest BCUT2D eigenvalue weighted by atomic mass is 9.82. The van der Waals surface area contributed by atoms with Gasteiger partial charge in [-0.15, -0.1) is 11.3 Å². The molecule has 2 nitrogen and oxygen atoms in total. The zero-order chi connectivity index (χ0) is 11.3. The van der Waals surface area contributed by atoms with E-state index in [-0.39, 0.29) is 0 Å². The first-order valence-electron chi connectivity index (χ1n) is 6.11. The Morgan fingerprint density at radius 1 is 1.50 bits per heavy atom. The van der Waals surface area contributed by atoms with E-state index < -0.39 is 0 Å². The molecule has 0 saturated heterocycles. The number of imidazole rings is 1. The average Bonchev–Trinajstić information content (AvgIpc) is 2.78. The van der Waals surface area contributed by atoms with Crippen LogP contribution in [0.1, 0.15) is 37.4 Å². The number of aryl methyl sites for hydroxylation is 2. The highest BCUT2D eigenvalue weighted by Gasteiger charge is 2.26. The van der Waals surface area contributed by atoms with Gasteiger partial charge >= 0.3 is 0 Å². The van der Waals surface area contributed by atoms with Gasteiger partial charge in [0.05, 0.1) is 5.69 Å². The van der Waals surface area contributed by atoms with Crippen LogP contribution in [0.25, 0.3) is 4.96 Å². The fraction of sp³-hybridized carbons (Fsp3) is 0.615. The van der Waals surface area contributed by atoms with E-state index in [1.54, 1.807) is 11.3 Å². The van der Waals surface area contributed by atoms with Gasteiger partial charge < -0.3 is 0 Å². The molecule has 2 heterocycles. The summed E-state index contributed by atoms with van der Waals surface area (Å²) in [5, 5.41) is 2.21. The Morgan fingerprint density at radius 3 is 3.06 bits per heavy atom. The highest BCUT2D eigenvalue weighted by Crippen LogP contribution is 2.32. The third-order valence-electron chi connectivity index (χ3n) is 3.86. The fourth-order valence-electron chi connectivity index (χ4n) is 2.76. The number of hydrogen-bond acceptors (Lipinski definition) is 2. The third-order valence-corrected chi connectivity index (χ3v) is 4.81. The zero-order valence-corrected chi connectivity index (χ0v) is 11.0. The molecule has 0 fully saturated rings. The van der Waals surface area contributed by atoms with E-state index in [0.717, 1.165) is 11.8 Å². The smallest absolute Gasteiger partial charge is 0.194 e. The lowest BCUT2D eigenvalue weighted by Crippen LogP contribution is -2.20. The summed E-state index contributed by atoms with van der Waals surface area (Å²) in [6, 6.07) is 0. The number of fused-ring (bicyclic) bond motifs is 3. The molecule has 0 spiro atoms. The summed E-state index contributed by atoms with van der Waals surface area (Å²) in [6.45, 7) is 6.87. The van der Waals surface area contributed by atoms with Crippen molar-refractivity contribution in [3.05, 3.63) is 22.5 Å². The third kappa shape index (κ3) is 1.41. The average molecular weight is 234 g/mol. The summed E-state index contributed by atoms with van der Waals surface area (Å²) >= 11 is 1.77. The van der Waals surface area contributed by atoms with Gasteiger partial charge in [0.15, 0.2) is 4.96 Å². The van der Waals surface area contributed by atoms with Gasteiger partial charge in [-0.2, -0.15) is 0 Å². The normalized spacial score (nSPS) is 20.6. The molecule has 1 aliphatic carbocycles. The quantitative estimate of drug-likeness (QED) is 0.738. The maximum Gasteiger partial charge on any atom is 0.194 e. The molecule has 0 radical (unpaired) electrons. The molecule has 1 unspecified atom stereocenters. The van der Waals surface area contributed by atoms with Gasteiger partial charge in [-0.25, -0.2) is 4.98 Å². The lowest BCUT2D eigenvalue weighted by molar-refractivity contribution is 0.337. The first kappa shape index (κ1) is 10.3. The molecular weight excluding hydrogens is 216 g/mol. The van der Waals surface area contributed by atoms with E-state index in [0.29, 0.717) is 0 Å². The molecule has 0 aromatic carbocycles. The van der Waals surface area contributed by atoms with Crippen molar-refractivity contribution in [2.45, 2.75) is 40.0 Å². The first-order valence-corrected chi connectivity index (χ1v) is 6.99. The summed E-state index contributed by atoms with van der Waals surface area (Å²) < 4.78 is 2.37. The number of nitrogens with zero attached hydrogens (tertiary/aromatic N) is 2. The van der Waals surface area contributed by atoms with Crippen LogP contribution in [0.5, 0.6) is 0 Å². The maximum absolute atomic E-state index is 4.75. The topological polar surface area (TPSA) is 17.3 Å². The van der Waals surface area contributed by atoms with E-state index in [2.05, 4.69) is 30.6 Å². The van der Waals surface area contributed by atoms with Crippen molar-refractivity contribution in [1.29, 1.82) is 0 Å². The monoisotopic (exact) mass is 234 g/mol. The minimum absolute atomic E-state index is 0.789. The molecule has 0 bridgehead atoms. The second-order valence-corrected chi connectivity index (χ2v) is 6.08. The highest BCUT2D eigenvalue weighted by atomic mass is 32.1. The summed E-state index contributed by atoms with van der Waals surface area (Å²) in [5.74, 6) is 1.63. The van der Waals surface area contributed by atoms with Crippen LogP contribution in [0, 0.1) is 18.8 Å². The second kappa shape index (κ2) is 3.59. The van der Waals surface area contributed by atoms with Crippen molar-refractivity contribution in [2.24, 2.45) is 11.8 Å². The van der Waals surface area contributed by atoms with Crippen molar-refractivity contribution >= 4 is 16.3 Å². The summed E-state index contributed by atoms with van der Waals surface area (Å²) in [4.78, 5) is 5.94. The predicted octanol–water partition coefficient (Wildman–Crippen LogP) is 3.47. The van der Waals surface area contributed by atoms with Gasteiger partial charge in [0.1, 0.15) is 0 Å². The molecule has 0 aliphatic heterocycles. The molecule has 1 aliphatic rings. The second-order valence-electron chi connectivity index (χ2n) is 5.25. The largest absolute Gasteiger partial charge is 0.292 e. The van der Waals surface area contributed by atoms with Crippen LogP contribution in [0.3, 0.4) is 0 Å². The molecule has 2 aromatic rings. The van der Waals surface area contributed by atoms with Crippen LogP contribution in [0.15, 0.2) is 5.38 Å². The van der Waals surface area contributed by atoms with Crippen molar-refractivity contribution < 1.29 is 0 Å². The molecule has 2 aromatic heterocycles. The number of hydrogen-bond donors (Lipinski definition) is 0.